The van der Waals surface area contributed by atoms with Crippen molar-refractivity contribution in [2.24, 2.45) is 11.8 Å². The van der Waals surface area contributed by atoms with Gasteiger partial charge in [0.15, 0.2) is 0 Å². The third-order valence-electron chi connectivity index (χ3n) is 3.36. The van der Waals surface area contributed by atoms with Gasteiger partial charge >= 0.3 is 5.97 Å². The van der Waals surface area contributed by atoms with Crippen LogP contribution in [0.5, 0.6) is 0 Å². The standard InChI is InChI=1S/C13H28N2O2.ClH/c1-3-4-5-6-8-12(11(2)15-14)9-7-10-13(16)17;/h11-12,15H,3-10,14H2,1-2H3,(H,16,17);1H. The van der Waals surface area contributed by atoms with Gasteiger partial charge in [-0.3, -0.25) is 16.1 Å². The summed E-state index contributed by atoms with van der Waals surface area (Å²) in [6.07, 6.45) is 8.12. The van der Waals surface area contributed by atoms with E-state index in [1.54, 1.807) is 0 Å². The highest BCUT2D eigenvalue weighted by Crippen LogP contribution is 2.20. The van der Waals surface area contributed by atoms with Gasteiger partial charge in [0.2, 0.25) is 0 Å². The fraction of sp³-hybridized carbons (Fsp3) is 0.923. The Labute approximate surface area is 117 Å². The zero-order valence-corrected chi connectivity index (χ0v) is 12.5. The van der Waals surface area contributed by atoms with E-state index in [1.807, 2.05) is 0 Å². The summed E-state index contributed by atoms with van der Waals surface area (Å²) in [5.41, 5.74) is 2.80. The number of carboxylic acid groups (broad SMARTS) is 1. The molecule has 0 fully saturated rings. The average molecular weight is 281 g/mol. The molecule has 110 valence electrons. The maximum atomic E-state index is 10.5. The molecule has 5 heteroatoms. The van der Waals surface area contributed by atoms with Crippen molar-refractivity contribution in [1.29, 1.82) is 0 Å². The topological polar surface area (TPSA) is 75.3 Å². The van der Waals surface area contributed by atoms with Gasteiger partial charge in [0, 0.05) is 12.5 Å². The van der Waals surface area contributed by atoms with Crippen LogP contribution in [0.4, 0.5) is 0 Å². The Balaban J connectivity index is 0. The zero-order valence-electron chi connectivity index (χ0n) is 11.7. The number of hydrogen-bond acceptors (Lipinski definition) is 3. The first-order chi connectivity index (χ1) is 8.11. The Morgan fingerprint density at radius 3 is 2.33 bits per heavy atom. The van der Waals surface area contributed by atoms with Crippen LogP contribution >= 0.6 is 12.4 Å². The minimum atomic E-state index is -0.705. The largest absolute Gasteiger partial charge is 0.481 e. The Morgan fingerprint density at radius 1 is 1.22 bits per heavy atom. The molecule has 18 heavy (non-hydrogen) atoms. The van der Waals surface area contributed by atoms with Crippen LogP contribution in [0.25, 0.3) is 0 Å². The van der Waals surface area contributed by atoms with E-state index >= 15 is 0 Å². The van der Waals surface area contributed by atoms with Crippen LogP contribution in [0.3, 0.4) is 0 Å². The van der Waals surface area contributed by atoms with E-state index in [0.717, 1.165) is 19.3 Å². The number of rotatable bonds is 11. The van der Waals surface area contributed by atoms with Crippen molar-refractivity contribution in [1.82, 2.24) is 5.43 Å². The second-order valence-electron chi connectivity index (χ2n) is 4.85. The van der Waals surface area contributed by atoms with Gasteiger partial charge in [0.05, 0.1) is 0 Å². The van der Waals surface area contributed by atoms with Gasteiger partial charge in [0.1, 0.15) is 0 Å². The first-order valence-corrected chi connectivity index (χ1v) is 6.79. The molecule has 0 spiro atoms. The monoisotopic (exact) mass is 280 g/mol. The smallest absolute Gasteiger partial charge is 0.303 e. The molecule has 2 unspecified atom stereocenters. The number of unbranched alkanes of at least 4 members (excludes halogenated alkanes) is 3. The molecule has 0 aliphatic carbocycles. The molecule has 0 radical (unpaired) electrons. The molecular weight excluding hydrogens is 252 g/mol. The van der Waals surface area contributed by atoms with E-state index in [1.165, 1.54) is 25.7 Å². The summed E-state index contributed by atoms with van der Waals surface area (Å²) in [6, 6.07) is 0.269. The molecular formula is C13H29ClN2O2. The predicted molar refractivity (Wildman–Crippen MR) is 77.8 cm³/mol. The molecule has 0 bridgehead atoms. The quantitative estimate of drug-likeness (QED) is 0.309. The van der Waals surface area contributed by atoms with Gasteiger partial charge in [-0.2, -0.15) is 0 Å². The van der Waals surface area contributed by atoms with Crippen LogP contribution < -0.4 is 11.3 Å². The van der Waals surface area contributed by atoms with Crippen molar-refractivity contribution in [2.75, 3.05) is 0 Å². The number of hydrogen-bond donors (Lipinski definition) is 3. The first kappa shape index (κ1) is 20.0. The molecule has 0 saturated heterocycles. The summed E-state index contributed by atoms with van der Waals surface area (Å²) in [5, 5.41) is 8.63. The maximum Gasteiger partial charge on any atom is 0.303 e. The summed E-state index contributed by atoms with van der Waals surface area (Å²) >= 11 is 0. The van der Waals surface area contributed by atoms with Crippen molar-refractivity contribution >= 4 is 18.4 Å². The van der Waals surface area contributed by atoms with Crippen LogP contribution in [0.1, 0.15) is 65.2 Å². The fourth-order valence-corrected chi connectivity index (χ4v) is 2.13. The number of nitrogens with one attached hydrogen (secondary N) is 1. The van der Waals surface area contributed by atoms with Gasteiger partial charge in [-0.05, 0) is 32.1 Å². The summed E-state index contributed by atoms with van der Waals surface area (Å²) < 4.78 is 0. The molecule has 0 rings (SSSR count). The number of carboxylic acids is 1. The Hall–Kier alpha value is -0.320. The molecule has 2 atom stereocenters. The molecule has 0 amide bonds. The summed E-state index contributed by atoms with van der Waals surface area (Å²) in [7, 11) is 0. The van der Waals surface area contributed by atoms with Crippen molar-refractivity contribution < 1.29 is 9.90 Å². The highest BCUT2D eigenvalue weighted by molar-refractivity contribution is 5.85. The Bertz CT molecular complexity index is 203. The zero-order chi connectivity index (χ0) is 13.1. The predicted octanol–water partition coefficient (Wildman–Crippen LogP) is 3.10. The Kier molecular flexibility index (Phi) is 14.6. The van der Waals surface area contributed by atoms with E-state index in [4.69, 9.17) is 10.9 Å². The highest BCUT2D eigenvalue weighted by atomic mass is 35.5. The lowest BCUT2D eigenvalue weighted by Crippen LogP contribution is -2.38. The molecule has 0 aliphatic rings. The summed E-state index contributed by atoms with van der Waals surface area (Å²) in [4.78, 5) is 10.5. The SMILES string of the molecule is CCCCCCC(CCCC(=O)O)C(C)NN.Cl. The normalized spacial score (nSPS) is 13.7. The van der Waals surface area contributed by atoms with Gasteiger partial charge in [0.25, 0.3) is 0 Å². The number of nitrogens with two attached hydrogens (primary N) is 1. The fourth-order valence-electron chi connectivity index (χ4n) is 2.13. The average Bonchev–Trinajstić information content (AvgIpc) is 2.31. The van der Waals surface area contributed by atoms with E-state index in [9.17, 15) is 4.79 Å². The van der Waals surface area contributed by atoms with Gasteiger partial charge in [-0.25, -0.2) is 0 Å². The molecule has 4 nitrogen and oxygen atoms in total. The van der Waals surface area contributed by atoms with Crippen molar-refractivity contribution in [2.45, 2.75) is 71.3 Å². The molecule has 0 saturated carbocycles. The third kappa shape index (κ3) is 10.8. The van der Waals surface area contributed by atoms with Crippen molar-refractivity contribution in [3.8, 4) is 0 Å². The van der Waals surface area contributed by atoms with E-state index in [2.05, 4.69) is 19.3 Å². The first-order valence-electron chi connectivity index (χ1n) is 6.79. The lowest BCUT2D eigenvalue weighted by Gasteiger charge is -2.23. The van der Waals surface area contributed by atoms with Crippen LogP contribution in [0.15, 0.2) is 0 Å². The number of carbonyl (C=O) groups is 1. The van der Waals surface area contributed by atoms with E-state index < -0.39 is 5.97 Å². The second kappa shape index (κ2) is 13.1. The lowest BCUT2D eigenvalue weighted by atomic mass is 9.89. The second-order valence-corrected chi connectivity index (χ2v) is 4.85. The van der Waals surface area contributed by atoms with Crippen LogP contribution in [0.2, 0.25) is 0 Å². The minimum absolute atomic E-state index is 0. The van der Waals surface area contributed by atoms with Crippen molar-refractivity contribution in [3.05, 3.63) is 0 Å². The van der Waals surface area contributed by atoms with E-state index in [-0.39, 0.29) is 24.9 Å². The van der Waals surface area contributed by atoms with Gasteiger partial charge in [-0.15, -0.1) is 12.4 Å². The van der Waals surface area contributed by atoms with Crippen LogP contribution in [-0.4, -0.2) is 17.1 Å². The Morgan fingerprint density at radius 2 is 1.83 bits per heavy atom. The number of hydrazine groups is 1. The van der Waals surface area contributed by atoms with Crippen LogP contribution in [0, 0.1) is 5.92 Å². The molecule has 0 aromatic rings. The molecule has 0 aromatic carbocycles. The minimum Gasteiger partial charge on any atom is -0.481 e. The van der Waals surface area contributed by atoms with E-state index in [0.29, 0.717) is 5.92 Å². The molecule has 4 N–H and O–H groups in total. The summed E-state index contributed by atoms with van der Waals surface area (Å²) in [5.74, 6) is 5.26. The van der Waals surface area contributed by atoms with Crippen LogP contribution in [-0.2, 0) is 4.79 Å². The van der Waals surface area contributed by atoms with Crippen molar-refractivity contribution in [3.63, 3.8) is 0 Å². The highest BCUT2D eigenvalue weighted by Gasteiger charge is 2.15. The maximum absolute atomic E-state index is 10.5. The third-order valence-corrected chi connectivity index (χ3v) is 3.36. The van der Waals surface area contributed by atoms with Gasteiger partial charge < -0.3 is 5.11 Å². The molecule has 0 heterocycles. The molecule has 0 aliphatic heterocycles. The lowest BCUT2D eigenvalue weighted by molar-refractivity contribution is -0.137. The molecule has 0 aromatic heterocycles. The summed E-state index contributed by atoms with van der Waals surface area (Å²) in [6.45, 7) is 4.28. The number of halogens is 1. The number of aliphatic carboxylic acids is 1. The van der Waals surface area contributed by atoms with Gasteiger partial charge in [-0.1, -0.05) is 32.6 Å².